The second-order valence-corrected chi connectivity index (χ2v) is 5.36. The third-order valence-corrected chi connectivity index (χ3v) is 3.66. The van der Waals surface area contributed by atoms with E-state index in [1.54, 1.807) is 25.1 Å². The van der Waals surface area contributed by atoms with Crippen molar-refractivity contribution in [1.82, 2.24) is 0 Å². The molecule has 0 amide bonds. The van der Waals surface area contributed by atoms with Crippen molar-refractivity contribution < 1.29 is 8.78 Å². The van der Waals surface area contributed by atoms with E-state index in [9.17, 15) is 8.78 Å². The van der Waals surface area contributed by atoms with Crippen molar-refractivity contribution in [2.75, 3.05) is 0 Å². The van der Waals surface area contributed by atoms with Crippen LogP contribution < -0.4 is 0 Å². The summed E-state index contributed by atoms with van der Waals surface area (Å²) in [6.45, 7) is 1.66. The first-order valence-electron chi connectivity index (χ1n) is 5.81. The topological polar surface area (TPSA) is 0 Å². The van der Waals surface area contributed by atoms with Crippen LogP contribution in [0.1, 0.15) is 22.1 Å². The van der Waals surface area contributed by atoms with Gasteiger partial charge in [-0.05, 0) is 48.2 Å². The molecule has 0 aliphatic rings. The zero-order valence-electron chi connectivity index (χ0n) is 10.3. The van der Waals surface area contributed by atoms with Gasteiger partial charge in [0.05, 0.1) is 5.38 Å². The molecule has 0 aliphatic heterocycles. The van der Waals surface area contributed by atoms with Crippen LogP contribution in [0, 0.1) is 18.6 Å². The molecule has 0 spiro atoms. The summed E-state index contributed by atoms with van der Waals surface area (Å²) in [6.07, 6.45) is 0.507. The van der Waals surface area contributed by atoms with Crippen LogP contribution in [0.2, 0.25) is 5.02 Å². The van der Waals surface area contributed by atoms with E-state index in [0.717, 1.165) is 5.56 Å². The number of aryl methyl sites for hydroxylation is 1. The molecule has 1 unspecified atom stereocenters. The Morgan fingerprint density at radius 1 is 1.11 bits per heavy atom. The molecule has 100 valence electrons. The lowest BCUT2D eigenvalue weighted by atomic mass is 10.0. The van der Waals surface area contributed by atoms with E-state index in [2.05, 4.69) is 0 Å². The van der Waals surface area contributed by atoms with Gasteiger partial charge in [0, 0.05) is 5.02 Å². The van der Waals surface area contributed by atoms with Crippen LogP contribution in [0.15, 0.2) is 36.4 Å². The molecule has 19 heavy (non-hydrogen) atoms. The molecule has 0 fully saturated rings. The van der Waals surface area contributed by atoms with Crippen LogP contribution in [0.4, 0.5) is 8.78 Å². The number of rotatable bonds is 3. The highest BCUT2D eigenvalue weighted by molar-refractivity contribution is 6.32. The van der Waals surface area contributed by atoms with Crippen molar-refractivity contribution in [3.63, 3.8) is 0 Å². The quantitative estimate of drug-likeness (QED) is 0.661. The van der Waals surface area contributed by atoms with Gasteiger partial charge in [0.15, 0.2) is 0 Å². The summed E-state index contributed by atoms with van der Waals surface area (Å²) in [6, 6.07) is 9.04. The van der Waals surface area contributed by atoms with Gasteiger partial charge in [-0.3, -0.25) is 0 Å². The monoisotopic (exact) mass is 300 g/mol. The second kappa shape index (κ2) is 5.89. The molecule has 0 aliphatic carbocycles. The normalized spacial score (nSPS) is 12.5. The first-order chi connectivity index (χ1) is 8.97. The van der Waals surface area contributed by atoms with Crippen LogP contribution in [-0.4, -0.2) is 0 Å². The van der Waals surface area contributed by atoms with Crippen LogP contribution in [0.25, 0.3) is 0 Å². The molecule has 0 saturated heterocycles. The highest BCUT2D eigenvalue weighted by Crippen LogP contribution is 2.32. The standard InChI is InChI=1S/C15H12Cl2F2/c1-9-6-12(14(17)8-15(9)19)13(16)7-10-2-4-11(18)5-3-10/h2-6,8,13H,7H2,1H3. The Morgan fingerprint density at radius 2 is 1.74 bits per heavy atom. The first-order valence-corrected chi connectivity index (χ1v) is 6.63. The summed E-state index contributed by atoms with van der Waals surface area (Å²) in [5.41, 5.74) is 2.09. The van der Waals surface area contributed by atoms with Crippen LogP contribution >= 0.6 is 23.2 Å². The summed E-state index contributed by atoms with van der Waals surface area (Å²) in [7, 11) is 0. The molecule has 2 aromatic rings. The number of alkyl halides is 1. The Kier molecular flexibility index (Phi) is 4.43. The largest absolute Gasteiger partial charge is 0.207 e. The smallest absolute Gasteiger partial charge is 0.127 e. The summed E-state index contributed by atoms with van der Waals surface area (Å²) < 4.78 is 26.1. The molecule has 2 rings (SSSR count). The minimum Gasteiger partial charge on any atom is -0.207 e. The van der Waals surface area contributed by atoms with Crippen molar-refractivity contribution in [2.24, 2.45) is 0 Å². The Hall–Kier alpha value is -1.12. The summed E-state index contributed by atoms with van der Waals surface area (Å²) >= 11 is 12.3. The molecule has 0 N–H and O–H groups in total. The minimum absolute atomic E-state index is 0.287. The molecule has 0 radical (unpaired) electrons. The highest BCUT2D eigenvalue weighted by Gasteiger charge is 2.15. The highest BCUT2D eigenvalue weighted by atomic mass is 35.5. The van der Waals surface area contributed by atoms with Gasteiger partial charge in [0.1, 0.15) is 11.6 Å². The molecule has 2 aromatic carbocycles. The molecular weight excluding hydrogens is 289 g/mol. The number of hydrogen-bond acceptors (Lipinski definition) is 0. The predicted octanol–water partition coefficient (Wildman–Crippen LogP) is 5.45. The lowest BCUT2D eigenvalue weighted by Crippen LogP contribution is -1.99. The van der Waals surface area contributed by atoms with Crippen LogP contribution in [0.3, 0.4) is 0 Å². The van der Waals surface area contributed by atoms with Crippen molar-refractivity contribution >= 4 is 23.2 Å². The zero-order chi connectivity index (χ0) is 14.0. The van der Waals surface area contributed by atoms with Crippen LogP contribution in [-0.2, 0) is 6.42 Å². The second-order valence-electron chi connectivity index (χ2n) is 4.42. The lowest BCUT2D eigenvalue weighted by Gasteiger charge is -2.13. The van der Waals surface area contributed by atoms with E-state index >= 15 is 0 Å². The Balaban J connectivity index is 2.22. The van der Waals surface area contributed by atoms with E-state index in [-0.39, 0.29) is 17.0 Å². The van der Waals surface area contributed by atoms with Gasteiger partial charge in [-0.1, -0.05) is 29.8 Å². The maximum absolute atomic E-state index is 13.3. The fourth-order valence-corrected chi connectivity index (χ4v) is 2.55. The van der Waals surface area contributed by atoms with E-state index in [4.69, 9.17) is 23.2 Å². The van der Waals surface area contributed by atoms with Gasteiger partial charge >= 0.3 is 0 Å². The average Bonchev–Trinajstić information content (AvgIpc) is 2.36. The van der Waals surface area contributed by atoms with E-state index in [0.29, 0.717) is 22.6 Å². The van der Waals surface area contributed by atoms with E-state index in [1.165, 1.54) is 18.2 Å². The maximum atomic E-state index is 13.3. The number of hydrogen-bond donors (Lipinski definition) is 0. The number of benzene rings is 2. The third-order valence-electron chi connectivity index (χ3n) is 2.94. The molecular formula is C15H12Cl2F2. The van der Waals surface area contributed by atoms with Gasteiger partial charge in [0.25, 0.3) is 0 Å². The summed E-state index contributed by atoms with van der Waals surface area (Å²) in [5.74, 6) is -0.634. The molecule has 4 heteroatoms. The average molecular weight is 301 g/mol. The SMILES string of the molecule is Cc1cc(C(Cl)Cc2ccc(F)cc2)c(Cl)cc1F. The maximum Gasteiger partial charge on any atom is 0.127 e. The van der Waals surface area contributed by atoms with Crippen molar-refractivity contribution in [3.05, 3.63) is 69.7 Å². The summed E-state index contributed by atoms with van der Waals surface area (Å²) in [5, 5.41) is -0.0672. The Morgan fingerprint density at radius 3 is 2.37 bits per heavy atom. The molecule has 0 aromatic heterocycles. The van der Waals surface area contributed by atoms with E-state index < -0.39 is 0 Å². The number of halogens is 4. The van der Waals surface area contributed by atoms with Gasteiger partial charge in [-0.15, -0.1) is 11.6 Å². The minimum atomic E-state index is -0.378. The molecule has 0 bridgehead atoms. The zero-order valence-corrected chi connectivity index (χ0v) is 11.8. The molecule has 0 nitrogen and oxygen atoms in total. The summed E-state index contributed by atoms with van der Waals surface area (Å²) in [4.78, 5) is 0. The van der Waals surface area contributed by atoms with Crippen LogP contribution in [0.5, 0.6) is 0 Å². The fourth-order valence-electron chi connectivity index (χ4n) is 1.86. The molecule has 1 atom stereocenters. The van der Waals surface area contributed by atoms with Gasteiger partial charge in [-0.2, -0.15) is 0 Å². The molecule has 0 heterocycles. The van der Waals surface area contributed by atoms with Crippen molar-refractivity contribution in [2.45, 2.75) is 18.7 Å². The van der Waals surface area contributed by atoms with Crippen molar-refractivity contribution in [3.8, 4) is 0 Å². The lowest BCUT2D eigenvalue weighted by molar-refractivity contribution is 0.617. The van der Waals surface area contributed by atoms with E-state index in [1.807, 2.05) is 0 Å². The van der Waals surface area contributed by atoms with Crippen molar-refractivity contribution in [1.29, 1.82) is 0 Å². The van der Waals surface area contributed by atoms with Gasteiger partial charge < -0.3 is 0 Å². The third kappa shape index (κ3) is 3.46. The van der Waals surface area contributed by atoms with Gasteiger partial charge in [0.2, 0.25) is 0 Å². The Bertz CT molecular complexity index is 579. The molecule has 0 saturated carbocycles. The first kappa shape index (κ1) is 14.3. The predicted molar refractivity (Wildman–Crippen MR) is 74.8 cm³/mol. The Labute approximate surface area is 121 Å². The fraction of sp³-hybridized carbons (Fsp3) is 0.200. The van der Waals surface area contributed by atoms with Gasteiger partial charge in [-0.25, -0.2) is 8.78 Å².